The Bertz CT molecular complexity index is 849. The Balaban J connectivity index is 2.43. The molecule has 0 radical (unpaired) electrons. The highest BCUT2D eigenvalue weighted by Crippen LogP contribution is 2.15. The molecule has 0 bridgehead atoms. The van der Waals surface area contributed by atoms with E-state index in [4.69, 9.17) is 5.26 Å². The maximum atomic E-state index is 12.1. The molecule has 0 spiro atoms. The predicted molar refractivity (Wildman–Crippen MR) is 92.5 cm³/mol. The van der Waals surface area contributed by atoms with E-state index in [1.54, 1.807) is 7.05 Å². The molecule has 22 heavy (non-hydrogen) atoms. The van der Waals surface area contributed by atoms with Crippen LogP contribution in [0.4, 0.5) is 5.69 Å². The van der Waals surface area contributed by atoms with Crippen LogP contribution in [0.5, 0.6) is 0 Å². The molecule has 114 valence electrons. The second-order valence-corrected chi connectivity index (χ2v) is 5.91. The molecule has 2 rings (SSSR count). The van der Waals surface area contributed by atoms with E-state index in [-0.39, 0.29) is 5.56 Å². The van der Waals surface area contributed by atoms with Gasteiger partial charge in [-0.25, -0.2) is 0 Å². The second-order valence-electron chi connectivity index (χ2n) is 4.85. The van der Waals surface area contributed by atoms with Crippen LogP contribution < -0.4 is 19.7 Å². The Hall–Kier alpha value is -2.32. The lowest BCUT2D eigenvalue weighted by Gasteiger charge is -2.20. The lowest BCUT2D eigenvalue weighted by Crippen LogP contribution is -2.28. The molecule has 1 aromatic carbocycles. The summed E-state index contributed by atoms with van der Waals surface area (Å²) in [5.41, 5.74) is 2.09. The van der Waals surface area contributed by atoms with Gasteiger partial charge in [0.2, 0.25) is 0 Å². The molecule has 0 aliphatic heterocycles. The normalized spacial score (nSPS) is 12.5. The van der Waals surface area contributed by atoms with Crippen LogP contribution in [-0.4, -0.2) is 17.7 Å². The van der Waals surface area contributed by atoms with Gasteiger partial charge in [0.25, 0.3) is 5.56 Å². The van der Waals surface area contributed by atoms with E-state index in [2.05, 4.69) is 30.9 Å². The van der Waals surface area contributed by atoms with Crippen LogP contribution in [0.1, 0.15) is 19.4 Å². The topological polar surface area (TPSA) is 49.0 Å². The van der Waals surface area contributed by atoms with Gasteiger partial charge >= 0.3 is 0 Å². The van der Waals surface area contributed by atoms with E-state index in [1.807, 2.05) is 24.3 Å². The summed E-state index contributed by atoms with van der Waals surface area (Å²) < 4.78 is 2.81. The minimum Gasteiger partial charge on any atom is -0.372 e. The van der Waals surface area contributed by atoms with Crippen molar-refractivity contribution in [3.8, 4) is 6.07 Å². The zero-order valence-electron chi connectivity index (χ0n) is 13.0. The van der Waals surface area contributed by atoms with Crippen LogP contribution in [0.25, 0.3) is 12.2 Å². The fourth-order valence-electron chi connectivity index (χ4n) is 2.28. The molecule has 0 atom stereocenters. The number of nitriles is 1. The molecule has 1 heterocycles. The largest absolute Gasteiger partial charge is 0.372 e. The molecule has 0 saturated heterocycles. The minimum atomic E-state index is -0.0701. The van der Waals surface area contributed by atoms with Gasteiger partial charge in [-0.15, -0.1) is 11.3 Å². The van der Waals surface area contributed by atoms with E-state index < -0.39 is 0 Å². The molecule has 2 aromatic rings. The van der Waals surface area contributed by atoms with E-state index in [9.17, 15) is 4.79 Å². The Kier molecular flexibility index (Phi) is 5.18. The van der Waals surface area contributed by atoms with Crippen LogP contribution in [-0.2, 0) is 7.05 Å². The predicted octanol–water partition coefficient (Wildman–Crippen LogP) is 1.43. The zero-order chi connectivity index (χ0) is 16.1. The van der Waals surface area contributed by atoms with Gasteiger partial charge in [0.15, 0.2) is 0 Å². The molecule has 5 heteroatoms. The second kappa shape index (κ2) is 7.10. The van der Waals surface area contributed by atoms with Crippen molar-refractivity contribution in [2.45, 2.75) is 13.8 Å². The van der Waals surface area contributed by atoms with Gasteiger partial charge in [-0.2, -0.15) is 5.26 Å². The van der Waals surface area contributed by atoms with Crippen molar-refractivity contribution in [3.05, 3.63) is 49.4 Å². The van der Waals surface area contributed by atoms with Crippen LogP contribution in [0.2, 0.25) is 0 Å². The Morgan fingerprint density at radius 3 is 2.45 bits per heavy atom. The summed E-state index contributed by atoms with van der Waals surface area (Å²) in [6, 6.07) is 10.1. The molecule has 0 unspecified atom stereocenters. The lowest BCUT2D eigenvalue weighted by atomic mass is 10.2. The SMILES string of the molecule is CCN(CC)c1ccc(/C=c2\s/c(=C\C#N)n(C)c2=O)cc1. The number of aromatic nitrogens is 1. The average Bonchev–Trinajstić information content (AvgIpc) is 2.79. The van der Waals surface area contributed by atoms with Crippen LogP contribution in [0, 0.1) is 11.3 Å². The maximum absolute atomic E-state index is 12.1. The number of nitrogens with zero attached hydrogens (tertiary/aromatic N) is 3. The molecule has 0 fully saturated rings. The summed E-state index contributed by atoms with van der Waals surface area (Å²) in [5.74, 6) is 0. The van der Waals surface area contributed by atoms with Crippen molar-refractivity contribution in [3.63, 3.8) is 0 Å². The van der Waals surface area contributed by atoms with Crippen molar-refractivity contribution >= 4 is 29.2 Å². The lowest BCUT2D eigenvalue weighted by molar-refractivity contribution is 0.857. The first-order valence-electron chi connectivity index (χ1n) is 7.23. The first-order valence-corrected chi connectivity index (χ1v) is 8.04. The summed E-state index contributed by atoms with van der Waals surface area (Å²) in [7, 11) is 1.68. The van der Waals surface area contributed by atoms with Gasteiger partial charge in [0, 0.05) is 31.9 Å². The highest BCUT2D eigenvalue weighted by atomic mass is 32.1. The number of hydrogen-bond donors (Lipinski definition) is 0. The summed E-state index contributed by atoms with van der Waals surface area (Å²) in [6.07, 6.45) is 3.26. The van der Waals surface area contributed by atoms with Gasteiger partial charge in [-0.3, -0.25) is 4.79 Å². The van der Waals surface area contributed by atoms with Crippen molar-refractivity contribution in [2.24, 2.45) is 7.05 Å². The van der Waals surface area contributed by atoms with Gasteiger partial charge in [-0.05, 0) is 37.6 Å². The van der Waals surface area contributed by atoms with Gasteiger partial charge in [-0.1, -0.05) is 12.1 Å². The van der Waals surface area contributed by atoms with Crippen LogP contribution in [0.15, 0.2) is 29.1 Å². The number of benzene rings is 1. The molecule has 0 aliphatic carbocycles. The molecule has 4 nitrogen and oxygen atoms in total. The third kappa shape index (κ3) is 3.29. The van der Waals surface area contributed by atoms with E-state index in [1.165, 1.54) is 27.7 Å². The number of rotatable bonds is 4. The monoisotopic (exact) mass is 313 g/mol. The Morgan fingerprint density at radius 1 is 1.27 bits per heavy atom. The first kappa shape index (κ1) is 16.1. The Labute approximate surface area is 133 Å². The molecule has 0 saturated carbocycles. The molecular weight excluding hydrogens is 294 g/mol. The highest BCUT2D eigenvalue weighted by Gasteiger charge is 2.02. The fourth-order valence-corrected chi connectivity index (χ4v) is 3.26. The van der Waals surface area contributed by atoms with Gasteiger partial charge < -0.3 is 9.47 Å². The van der Waals surface area contributed by atoms with Crippen LogP contribution in [0.3, 0.4) is 0 Å². The minimum absolute atomic E-state index is 0.0701. The third-order valence-electron chi connectivity index (χ3n) is 3.57. The van der Waals surface area contributed by atoms with Crippen molar-refractivity contribution < 1.29 is 0 Å². The number of hydrogen-bond acceptors (Lipinski definition) is 4. The summed E-state index contributed by atoms with van der Waals surface area (Å²) >= 11 is 1.33. The molecular formula is C17H19N3OS. The maximum Gasteiger partial charge on any atom is 0.268 e. The first-order chi connectivity index (χ1) is 10.6. The number of thiazole rings is 1. The van der Waals surface area contributed by atoms with Crippen LogP contribution >= 0.6 is 11.3 Å². The van der Waals surface area contributed by atoms with Crippen molar-refractivity contribution in [1.29, 1.82) is 5.26 Å². The van der Waals surface area contributed by atoms with E-state index in [0.29, 0.717) is 9.20 Å². The smallest absolute Gasteiger partial charge is 0.268 e. The van der Waals surface area contributed by atoms with E-state index in [0.717, 1.165) is 18.7 Å². The molecule has 0 N–H and O–H groups in total. The number of anilines is 1. The summed E-state index contributed by atoms with van der Waals surface area (Å²) in [5, 5.41) is 8.73. The fraction of sp³-hybridized carbons (Fsp3) is 0.294. The zero-order valence-corrected chi connectivity index (χ0v) is 13.9. The summed E-state index contributed by atoms with van der Waals surface area (Å²) in [4.78, 5) is 14.4. The summed E-state index contributed by atoms with van der Waals surface area (Å²) in [6.45, 7) is 6.20. The highest BCUT2D eigenvalue weighted by molar-refractivity contribution is 7.07. The quantitative estimate of drug-likeness (QED) is 0.858. The Morgan fingerprint density at radius 2 is 1.91 bits per heavy atom. The van der Waals surface area contributed by atoms with Crippen molar-refractivity contribution in [2.75, 3.05) is 18.0 Å². The molecule has 0 aliphatic rings. The standard InChI is InChI=1S/C17H19N3OS/c1-4-20(5-2)14-8-6-13(7-9-14)12-15-17(21)19(3)16(22-15)10-11-18/h6-10,12H,4-5H2,1-3H3/b15-12-,16-10-. The van der Waals surface area contributed by atoms with Gasteiger partial charge in [0.1, 0.15) is 4.66 Å². The average molecular weight is 313 g/mol. The van der Waals surface area contributed by atoms with Gasteiger partial charge in [0.05, 0.1) is 10.6 Å². The molecule has 1 aromatic heterocycles. The van der Waals surface area contributed by atoms with E-state index >= 15 is 0 Å². The van der Waals surface area contributed by atoms with Crippen molar-refractivity contribution in [1.82, 2.24) is 4.57 Å². The molecule has 0 amide bonds. The third-order valence-corrected chi connectivity index (χ3v) is 4.68.